The quantitative estimate of drug-likeness (QED) is 0.877. The number of hydrogen-bond acceptors (Lipinski definition) is 5. The molecule has 0 saturated heterocycles. The Kier molecular flexibility index (Phi) is 4.04. The second kappa shape index (κ2) is 5.81. The van der Waals surface area contributed by atoms with Gasteiger partial charge in [0.2, 0.25) is 5.89 Å². The van der Waals surface area contributed by atoms with Crippen LogP contribution in [0.1, 0.15) is 43.5 Å². The van der Waals surface area contributed by atoms with Gasteiger partial charge in [0.15, 0.2) is 5.82 Å². The molecule has 5 heteroatoms. The summed E-state index contributed by atoms with van der Waals surface area (Å²) in [7, 11) is 0. The van der Waals surface area contributed by atoms with Gasteiger partial charge in [-0.3, -0.25) is 0 Å². The van der Waals surface area contributed by atoms with Crippen LogP contribution in [0.3, 0.4) is 0 Å². The van der Waals surface area contributed by atoms with E-state index in [0.717, 1.165) is 30.8 Å². The van der Waals surface area contributed by atoms with Crippen LogP contribution in [0.2, 0.25) is 0 Å². The summed E-state index contributed by atoms with van der Waals surface area (Å²) >= 11 is 1.74. The van der Waals surface area contributed by atoms with Crippen LogP contribution >= 0.6 is 11.8 Å². The van der Waals surface area contributed by atoms with Crippen molar-refractivity contribution in [2.75, 3.05) is 0 Å². The average Bonchev–Trinajstić information content (AvgIpc) is 3.07. The first-order valence-corrected chi connectivity index (χ1v) is 8.35. The molecule has 1 heterocycles. The average molecular weight is 303 g/mol. The number of nitrogens with zero attached hydrogens (tertiary/aromatic N) is 2. The van der Waals surface area contributed by atoms with Gasteiger partial charge in [0.1, 0.15) is 0 Å². The summed E-state index contributed by atoms with van der Waals surface area (Å²) in [5, 5.41) is 4.12. The standard InChI is InChI=1S/C16H21N3OS/c1-11-6-3-4-7-12(11)21-10-14-18-15(20-19-14)16(2)9-5-8-13(16)17/h3-4,6-7,13H,5,8-10,17H2,1-2H3. The minimum Gasteiger partial charge on any atom is -0.339 e. The Morgan fingerprint density at radius 1 is 1.43 bits per heavy atom. The van der Waals surface area contributed by atoms with Crippen LogP contribution in [0.5, 0.6) is 0 Å². The van der Waals surface area contributed by atoms with Gasteiger partial charge < -0.3 is 10.3 Å². The van der Waals surface area contributed by atoms with Gasteiger partial charge in [0.25, 0.3) is 0 Å². The third-order valence-electron chi connectivity index (χ3n) is 4.44. The van der Waals surface area contributed by atoms with Crippen molar-refractivity contribution in [2.24, 2.45) is 5.73 Å². The molecule has 2 N–H and O–H groups in total. The zero-order valence-electron chi connectivity index (χ0n) is 12.5. The van der Waals surface area contributed by atoms with Gasteiger partial charge in [-0.2, -0.15) is 4.98 Å². The molecule has 1 saturated carbocycles. The van der Waals surface area contributed by atoms with Crippen molar-refractivity contribution in [3.8, 4) is 0 Å². The third-order valence-corrected chi connectivity index (χ3v) is 5.61. The van der Waals surface area contributed by atoms with E-state index in [1.54, 1.807) is 11.8 Å². The third kappa shape index (κ3) is 2.85. The Morgan fingerprint density at radius 2 is 2.24 bits per heavy atom. The van der Waals surface area contributed by atoms with Crippen LogP contribution in [0.15, 0.2) is 33.7 Å². The first-order valence-electron chi connectivity index (χ1n) is 7.37. The monoisotopic (exact) mass is 303 g/mol. The van der Waals surface area contributed by atoms with Gasteiger partial charge in [-0.05, 0) is 38.3 Å². The van der Waals surface area contributed by atoms with Crippen LogP contribution in [-0.2, 0) is 11.2 Å². The summed E-state index contributed by atoms with van der Waals surface area (Å²) in [5.74, 6) is 2.17. The van der Waals surface area contributed by atoms with Gasteiger partial charge in [0.05, 0.1) is 11.2 Å². The maximum absolute atomic E-state index is 6.21. The highest BCUT2D eigenvalue weighted by molar-refractivity contribution is 7.98. The Labute approximate surface area is 129 Å². The number of thioether (sulfide) groups is 1. The molecule has 1 aromatic carbocycles. The summed E-state index contributed by atoms with van der Waals surface area (Å²) in [6.45, 7) is 4.25. The molecule has 1 aliphatic rings. The van der Waals surface area contributed by atoms with Gasteiger partial charge in [-0.1, -0.05) is 29.8 Å². The molecule has 1 aliphatic carbocycles. The minimum absolute atomic E-state index is 0.120. The van der Waals surface area contributed by atoms with E-state index in [1.807, 2.05) is 6.07 Å². The van der Waals surface area contributed by atoms with E-state index in [4.69, 9.17) is 10.3 Å². The molecular formula is C16H21N3OS. The van der Waals surface area contributed by atoms with Gasteiger partial charge in [-0.25, -0.2) is 0 Å². The van der Waals surface area contributed by atoms with E-state index in [2.05, 4.69) is 42.2 Å². The molecule has 2 aromatic rings. The lowest BCUT2D eigenvalue weighted by molar-refractivity contribution is 0.277. The Balaban J connectivity index is 1.70. The van der Waals surface area contributed by atoms with Crippen molar-refractivity contribution in [3.05, 3.63) is 41.5 Å². The summed E-state index contributed by atoms with van der Waals surface area (Å²) in [5.41, 5.74) is 7.33. The van der Waals surface area contributed by atoms with Crippen LogP contribution in [-0.4, -0.2) is 16.2 Å². The van der Waals surface area contributed by atoms with E-state index in [-0.39, 0.29) is 11.5 Å². The molecule has 0 bridgehead atoms. The number of rotatable bonds is 4. The number of hydrogen-bond donors (Lipinski definition) is 1. The SMILES string of the molecule is Cc1ccccc1SCc1noc(C2(C)CCCC2N)n1. The smallest absolute Gasteiger partial charge is 0.234 e. The molecule has 4 nitrogen and oxygen atoms in total. The van der Waals surface area contributed by atoms with Gasteiger partial charge in [-0.15, -0.1) is 11.8 Å². The van der Waals surface area contributed by atoms with Crippen LogP contribution in [0.25, 0.3) is 0 Å². The highest BCUT2D eigenvalue weighted by atomic mass is 32.2. The van der Waals surface area contributed by atoms with E-state index in [1.165, 1.54) is 10.5 Å². The van der Waals surface area contributed by atoms with Crippen molar-refractivity contribution < 1.29 is 4.52 Å². The highest BCUT2D eigenvalue weighted by Crippen LogP contribution is 2.39. The molecule has 2 unspecified atom stereocenters. The van der Waals surface area contributed by atoms with Crippen molar-refractivity contribution >= 4 is 11.8 Å². The van der Waals surface area contributed by atoms with Gasteiger partial charge >= 0.3 is 0 Å². The summed E-state index contributed by atoms with van der Waals surface area (Å²) in [6.07, 6.45) is 3.19. The van der Waals surface area contributed by atoms with Gasteiger partial charge in [0, 0.05) is 10.9 Å². The van der Waals surface area contributed by atoms with E-state index >= 15 is 0 Å². The first-order chi connectivity index (χ1) is 10.1. The Bertz CT molecular complexity index is 627. The fourth-order valence-electron chi connectivity index (χ4n) is 2.86. The van der Waals surface area contributed by atoms with Crippen LogP contribution in [0.4, 0.5) is 0 Å². The fourth-order valence-corrected chi connectivity index (χ4v) is 3.74. The largest absolute Gasteiger partial charge is 0.339 e. The fraction of sp³-hybridized carbons (Fsp3) is 0.500. The highest BCUT2D eigenvalue weighted by Gasteiger charge is 2.42. The Hall–Kier alpha value is -1.33. The zero-order valence-corrected chi connectivity index (χ0v) is 13.3. The zero-order chi connectivity index (χ0) is 14.9. The van der Waals surface area contributed by atoms with Crippen LogP contribution in [0, 0.1) is 6.92 Å². The maximum Gasteiger partial charge on any atom is 0.234 e. The molecule has 1 fully saturated rings. The normalized spacial score (nSPS) is 25.4. The second-order valence-corrected chi connectivity index (χ2v) is 7.00. The molecule has 0 spiro atoms. The molecule has 1 aromatic heterocycles. The molecule has 0 radical (unpaired) electrons. The molecule has 3 rings (SSSR count). The number of aromatic nitrogens is 2. The predicted octanol–water partition coefficient (Wildman–Crippen LogP) is 3.44. The van der Waals surface area contributed by atoms with E-state index in [0.29, 0.717) is 5.89 Å². The van der Waals surface area contributed by atoms with Crippen molar-refractivity contribution in [2.45, 2.75) is 55.2 Å². The minimum atomic E-state index is -0.154. The van der Waals surface area contributed by atoms with Crippen LogP contribution < -0.4 is 5.73 Å². The molecule has 0 amide bonds. The molecule has 2 atom stereocenters. The number of benzene rings is 1. The van der Waals surface area contributed by atoms with Crippen molar-refractivity contribution in [1.29, 1.82) is 0 Å². The summed E-state index contributed by atoms with van der Waals surface area (Å²) < 4.78 is 5.49. The Morgan fingerprint density at radius 3 is 2.95 bits per heavy atom. The maximum atomic E-state index is 6.21. The topological polar surface area (TPSA) is 64.9 Å². The number of nitrogens with two attached hydrogens (primary N) is 1. The number of aryl methyl sites for hydroxylation is 1. The molecule has 112 valence electrons. The van der Waals surface area contributed by atoms with Crippen molar-refractivity contribution in [1.82, 2.24) is 10.1 Å². The predicted molar refractivity (Wildman–Crippen MR) is 84.2 cm³/mol. The first kappa shape index (κ1) is 14.6. The lowest BCUT2D eigenvalue weighted by atomic mass is 9.85. The van der Waals surface area contributed by atoms with Crippen molar-refractivity contribution in [3.63, 3.8) is 0 Å². The summed E-state index contributed by atoms with van der Waals surface area (Å²) in [4.78, 5) is 5.84. The lowest BCUT2D eigenvalue weighted by Gasteiger charge is -2.23. The summed E-state index contributed by atoms with van der Waals surface area (Å²) in [6, 6.07) is 8.46. The van der Waals surface area contributed by atoms with E-state index in [9.17, 15) is 0 Å². The lowest BCUT2D eigenvalue weighted by Crippen LogP contribution is -2.38. The van der Waals surface area contributed by atoms with E-state index < -0.39 is 0 Å². The molecule has 21 heavy (non-hydrogen) atoms. The second-order valence-electron chi connectivity index (χ2n) is 5.99. The molecular weight excluding hydrogens is 282 g/mol. The molecule has 0 aliphatic heterocycles.